The number of fused-ring (bicyclic) bond motifs is 2. The molecule has 2 aromatic carbocycles. The van der Waals surface area contributed by atoms with Gasteiger partial charge >= 0.3 is 0 Å². The van der Waals surface area contributed by atoms with Crippen molar-refractivity contribution in [2.24, 2.45) is 12.0 Å². The second-order valence-electron chi connectivity index (χ2n) is 7.02. The van der Waals surface area contributed by atoms with Crippen molar-refractivity contribution in [3.63, 3.8) is 0 Å². The van der Waals surface area contributed by atoms with Gasteiger partial charge < -0.3 is 14.2 Å². The van der Waals surface area contributed by atoms with Crippen molar-refractivity contribution in [3.05, 3.63) is 52.7 Å². The zero-order valence-electron chi connectivity index (χ0n) is 16.9. The molecule has 5 rings (SSSR count). The third-order valence-electron chi connectivity index (χ3n) is 5.15. The molecule has 0 aliphatic carbocycles. The molecule has 3 heterocycles. The van der Waals surface area contributed by atoms with E-state index in [9.17, 15) is 4.79 Å². The Balaban J connectivity index is 1.50. The van der Waals surface area contributed by atoms with Crippen molar-refractivity contribution < 1.29 is 9.53 Å². The molecular formula is C21H19N5O2S2. The number of rotatable bonds is 2. The van der Waals surface area contributed by atoms with Crippen molar-refractivity contribution >= 4 is 57.0 Å². The number of methoxy groups -OCH3 is 1. The van der Waals surface area contributed by atoms with E-state index in [1.807, 2.05) is 60.0 Å². The minimum absolute atomic E-state index is 0.0493. The summed E-state index contributed by atoms with van der Waals surface area (Å²) in [6, 6.07) is 11.8. The first-order valence-corrected chi connectivity index (χ1v) is 10.9. The van der Waals surface area contributed by atoms with Crippen LogP contribution in [0, 0.1) is 0 Å². The van der Waals surface area contributed by atoms with Gasteiger partial charge in [-0.25, -0.2) is 9.98 Å². The Kier molecular flexibility index (Phi) is 4.52. The molecule has 7 nitrogen and oxygen atoms in total. The first-order valence-electron chi connectivity index (χ1n) is 9.26. The van der Waals surface area contributed by atoms with Gasteiger partial charge in [0.15, 0.2) is 5.17 Å². The fourth-order valence-electron chi connectivity index (χ4n) is 3.43. The summed E-state index contributed by atoms with van der Waals surface area (Å²) in [5.74, 6) is 0.744. The van der Waals surface area contributed by atoms with E-state index in [1.165, 1.54) is 11.8 Å². The van der Waals surface area contributed by atoms with E-state index in [1.54, 1.807) is 37.1 Å². The largest absolute Gasteiger partial charge is 0.497 e. The third-order valence-corrected chi connectivity index (χ3v) is 7.63. The molecule has 0 atom stereocenters. The minimum Gasteiger partial charge on any atom is -0.497 e. The SMILES string of the molecule is COc1ccc2c(c1)N(C)C(=C1SC(=Nc3ccc4c(c3)ncn4C)N(C)C1=O)S2. The summed E-state index contributed by atoms with van der Waals surface area (Å²) >= 11 is 2.99. The normalized spacial score (nSPS) is 20.0. The molecule has 0 N–H and O–H groups in total. The predicted octanol–water partition coefficient (Wildman–Crippen LogP) is 4.19. The van der Waals surface area contributed by atoms with Crippen LogP contribution in [0.2, 0.25) is 0 Å². The number of likely N-dealkylation sites (N-methyl/N-ethyl adjacent to an activating group) is 1. The van der Waals surface area contributed by atoms with Crippen molar-refractivity contribution in [2.45, 2.75) is 4.90 Å². The van der Waals surface area contributed by atoms with Gasteiger partial charge in [0.05, 0.1) is 40.9 Å². The molecule has 9 heteroatoms. The van der Waals surface area contributed by atoms with Crippen LogP contribution in [-0.2, 0) is 11.8 Å². The average molecular weight is 438 g/mol. The smallest absolute Gasteiger partial charge is 0.269 e. The second-order valence-corrected chi connectivity index (χ2v) is 9.03. The number of carbonyl (C=O) groups is 1. The number of imidazole rings is 1. The molecule has 1 fully saturated rings. The number of aromatic nitrogens is 2. The number of aliphatic imine (C=N–C) groups is 1. The molecule has 0 spiro atoms. The number of hydrogen-bond acceptors (Lipinski definition) is 7. The van der Waals surface area contributed by atoms with Crippen LogP contribution < -0.4 is 9.64 Å². The van der Waals surface area contributed by atoms with Gasteiger partial charge in [-0.05, 0) is 42.1 Å². The van der Waals surface area contributed by atoms with Gasteiger partial charge in [-0.1, -0.05) is 11.8 Å². The zero-order chi connectivity index (χ0) is 21.0. The van der Waals surface area contributed by atoms with Crippen LogP contribution in [0.4, 0.5) is 11.4 Å². The summed E-state index contributed by atoms with van der Waals surface area (Å²) in [4.78, 5) is 27.6. The van der Waals surface area contributed by atoms with Crippen LogP contribution in [-0.4, -0.2) is 46.7 Å². The first kappa shape index (κ1) is 19.1. The predicted molar refractivity (Wildman–Crippen MR) is 122 cm³/mol. The van der Waals surface area contributed by atoms with Crippen molar-refractivity contribution in [1.82, 2.24) is 14.5 Å². The Morgan fingerprint density at radius 1 is 1.03 bits per heavy atom. The number of benzene rings is 2. The van der Waals surface area contributed by atoms with Gasteiger partial charge in [0.25, 0.3) is 5.91 Å². The van der Waals surface area contributed by atoms with E-state index in [2.05, 4.69) is 4.98 Å². The zero-order valence-corrected chi connectivity index (χ0v) is 18.5. The molecule has 152 valence electrons. The second kappa shape index (κ2) is 7.10. The molecule has 2 aliphatic rings. The number of thioether (sulfide) groups is 2. The Morgan fingerprint density at radius 2 is 1.87 bits per heavy atom. The van der Waals surface area contributed by atoms with Crippen LogP contribution in [0.15, 0.2) is 62.5 Å². The summed E-state index contributed by atoms with van der Waals surface area (Å²) in [7, 11) is 7.34. The first-order chi connectivity index (χ1) is 14.5. The lowest BCUT2D eigenvalue weighted by atomic mass is 10.3. The Morgan fingerprint density at radius 3 is 2.67 bits per heavy atom. The number of aryl methyl sites for hydroxylation is 1. The Hall–Kier alpha value is -2.91. The van der Waals surface area contributed by atoms with Gasteiger partial charge in [-0.15, -0.1) is 0 Å². The summed E-state index contributed by atoms with van der Waals surface area (Å²) in [5.41, 5.74) is 3.73. The lowest BCUT2D eigenvalue weighted by Crippen LogP contribution is -2.24. The summed E-state index contributed by atoms with van der Waals surface area (Å²) in [6.45, 7) is 0. The third kappa shape index (κ3) is 2.96. The molecule has 1 aromatic heterocycles. The minimum atomic E-state index is -0.0493. The van der Waals surface area contributed by atoms with Crippen LogP contribution in [0.25, 0.3) is 11.0 Å². The van der Waals surface area contributed by atoms with E-state index in [0.717, 1.165) is 38.1 Å². The van der Waals surface area contributed by atoms with E-state index in [0.29, 0.717) is 10.1 Å². The van der Waals surface area contributed by atoms with Crippen LogP contribution in [0.5, 0.6) is 5.75 Å². The number of ether oxygens (including phenoxy) is 1. The van der Waals surface area contributed by atoms with E-state index >= 15 is 0 Å². The van der Waals surface area contributed by atoms with E-state index in [-0.39, 0.29) is 5.91 Å². The summed E-state index contributed by atoms with van der Waals surface area (Å²) < 4.78 is 7.31. The number of amidine groups is 1. The highest BCUT2D eigenvalue weighted by atomic mass is 32.2. The van der Waals surface area contributed by atoms with Crippen molar-refractivity contribution in [3.8, 4) is 5.75 Å². The Labute approximate surface area is 182 Å². The molecule has 0 saturated carbocycles. The maximum Gasteiger partial charge on any atom is 0.269 e. The molecule has 30 heavy (non-hydrogen) atoms. The average Bonchev–Trinajstić information content (AvgIpc) is 3.37. The lowest BCUT2D eigenvalue weighted by molar-refractivity contribution is -0.121. The molecule has 3 aromatic rings. The highest BCUT2D eigenvalue weighted by molar-refractivity contribution is 8.19. The number of hydrogen-bond donors (Lipinski definition) is 0. The summed E-state index contributed by atoms with van der Waals surface area (Å²) in [6.07, 6.45) is 1.78. The maximum atomic E-state index is 13.0. The molecule has 0 unspecified atom stereocenters. The van der Waals surface area contributed by atoms with Gasteiger partial charge in [-0.3, -0.25) is 9.69 Å². The standard InChI is InChI=1S/C21H19N5O2S2/c1-24-11-22-14-9-12(5-7-15(14)24)23-21-26(3)19(27)18(30-21)20-25(2)16-10-13(28-4)6-8-17(16)29-20/h5-11H,1-4H3. The maximum absolute atomic E-state index is 13.0. The van der Waals surface area contributed by atoms with Gasteiger partial charge in [0.1, 0.15) is 10.7 Å². The van der Waals surface area contributed by atoms with Crippen molar-refractivity contribution in [1.29, 1.82) is 0 Å². The number of nitrogens with zero attached hydrogens (tertiary/aromatic N) is 5. The molecule has 0 bridgehead atoms. The van der Waals surface area contributed by atoms with Gasteiger partial charge in [0, 0.05) is 32.1 Å². The molecular weight excluding hydrogens is 418 g/mol. The van der Waals surface area contributed by atoms with Crippen LogP contribution in [0.1, 0.15) is 0 Å². The van der Waals surface area contributed by atoms with Gasteiger partial charge in [-0.2, -0.15) is 0 Å². The van der Waals surface area contributed by atoms with Crippen LogP contribution in [0.3, 0.4) is 0 Å². The quantitative estimate of drug-likeness (QED) is 0.561. The fraction of sp³-hybridized carbons (Fsp3) is 0.190. The number of amides is 1. The molecule has 1 saturated heterocycles. The Bertz CT molecular complexity index is 1260. The monoisotopic (exact) mass is 437 g/mol. The molecule has 0 radical (unpaired) electrons. The number of carbonyl (C=O) groups excluding carboxylic acids is 1. The highest BCUT2D eigenvalue weighted by Crippen LogP contribution is 2.50. The van der Waals surface area contributed by atoms with Gasteiger partial charge in [0.2, 0.25) is 0 Å². The number of anilines is 1. The topological polar surface area (TPSA) is 63.0 Å². The molecule has 2 aliphatic heterocycles. The van der Waals surface area contributed by atoms with Crippen molar-refractivity contribution in [2.75, 3.05) is 26.1 Å². The van der Waals surface area contributed by atoms with Crippen LogP contribution >= 0.6 is 23.5 Å². The lowest BCUT2D eigenvalue weighted by Gasteiger charge is -2.15. The highest BCUT2D eigenvalue weighted by Gasteiger charge is 2.37. The fourth-order valence-corrected chi connectivity index (χ4v) is 5.75. The van der Waals surface area contributed by atoms with E-state index in [4.69, 9.17) is 9.73 Å². The summed E-state index contributed by atoms with van der Waals surface area (Å²) in [5, 5.41) is 1.56. The van der Waals surface area contributed by atoms with E-state index < -0.39 is 0 Å². The molecule has 1 amide bonds.